The minimum Gasteiger partial charge on any atom is -0.208 e. The third kappa shape index (κ3) is 12.9. The Kier molecular flexibility index (Phi) is 18.3. The van der Waals surface area contributed by atoms with Crippen molar-refractivity contribution in [2.45, 2.75) is 0 Å². The van der Waals surface area contributed by atoms with E-state index in [0.29, 0.717) is 52.4 Å². The summed E-state index contributed by atoms with van der Waals surface area (Å²) < 4.78 is 19.9. The van der Waals surface area contributed by atoms with E-state index in [1.54, 1.807) is 22.7 Å². The number of hydrogen-bond donors (Lipinski definition) is 0. The summed E-state index contributed by atoms with van der Waals surface area (Å²) in [4.78, 5) is 47.1. The summed E-state index contributed by atoms with van der Waals surface area (Å²) in [6.07, 6.45) is 0. The van der Waals surface area contributed by atoms with Gasteiger partial charge in [0.15, 0.2) is 52.4 Å². The molecule has 0 atom stereocenters. The lowest BCUT2D eigenvalue weighted by molar-refractivity contribution is 1.08. The van der Waals surface area contributed by atoms with E-state index in [1.807, 2.05) is 68.0 Å². The number of nitrogens with zero attached hydrogens (tertiary/aromatic N) is 9. The van der Waals surface area contributed by atoms with E-state index < -0.39 is 0 Å². The lowest BCUT2D eigenvalue weighted by atomic mass is 10.0. The van der Waals surface area contributed by atoms with E-state index in [0.717, 1.165) is 55.5 Å². The van der Waals surface area contributed by atoms with Crippen LogP contribution in [0.4, 0.5) is 0 Å². The monoisotopic (exact) mass is 1830 g/mol. The van der Waals surface area contributed by atoms with E-state index in [1.165, 1.54) is 167 Å². The summed E-state index contributed by atoms with van der Waals surface area (Å²) in [6.45, 7) is 0. The fourth-order valence-corrected chi connectivity index (χ4v) is 28.2. The number of benzene rings is 18. The molecule has 0 aliphatic rings. The van der Waals surface area contributed by atoms with Gasteiger partial charge in [0.05, 0.1) is 0 Å². The van der Waals surface area contributed by atoms with Crippen molar-refractivity contribution in [2.75, 3.05) is 0 Å². The molecular weight excluding hydrogens is 1760 g/mol. The number of hydrogen-bond acceptors (Lipinski definition) is 17. The van der Waals surface area contributed by atoms with Gasteiger partial charge in [-0.3, -0.25) is 0 Å². The summed E-state index contributed by atoms with van der Waals surface area (Å²) >= 11 is 14.5. The standard InChI is InChI=1S/2C39H21N3S3.C37H21N3S2/c1-4-17-29-22(10-1)23-13-7-16-28(36(23)45-29)39-41-37(26-14-8-20-32-34(26)24-11-2-5-18-30(24)43-32)40-38(42-39)27-15-9-21-33-35(27)25-12-3-6-19-31(25)44-33;1-4-16-28-22(10-1)34-25(13-7-19-31(34)43-28)37-40-38(26-14-8-20-32-35(26)23-11-2-5-17-29(23)44-32)42-39(41-37)27-15-9-21-33-36(27)24-12-3-6-18-30(24)45-33;1-2-9-23-20-24(17-16-22(23)8-1)35-38-36(25-18-19-33-30(21-25)27-11-4-5-14-31(27)41-33)40-37(39-35)29-13-7-12-28-26-10-3-6-15-32(26)42-34(28)29/h2*1-21H;1-21H. The highest BCUT2D eigenvalue weighted by Gasteiger charge is 2.26. The zero-order chi connectivity index (χ0) is 86.6. The average Bonchev–Trinajstić information content (AvgIpc) is 1.57. The van der Waals surface area contributed by atoms with Crippen LogP contribution < -0.4 is 0 Å². The average molecular weight is 1830 g/mol. The van der Waals surface area contributed by atoms with E-state index >= 15 is 0 Å². The molecule has 0 bridgehead atoms. The van der Waals surface area contributed by atoms with Crippen LogP contribution in [0.15, 0.2) is 382 Å². The van der Waals surface area contributed by atoms with Gasteiger partial charge in [0, 0.05) is 211 Å². The molecule has 0 saturated carbocycles. The largest absolute Gasteiger partial charge is 0.208 e. The molecule has 0 radical (unpaired) electrons. The first kappa shape index (κ1) is 77.0. The quantitative estimate of drug-likeness (QED) is 0.139. The number of thiophene rings is 8. The van der Waals surface area contributed by atoms with Gasteiger partial charge in [-0.15, -0.1) is 90.7 Å². The molecule has 18 aromatic carbocycles. The topological polar surface area (TPSA) is 116 Å². The Morgan fingerprint density at radius 3 is 0.705 bits per heavy atom. The minimum absolute atomic E-state index is 0.675. The molecule has 0 amide bonds. The van der Waals surface area contributed by atoms with E-state index in [4.69, 9.17) is 44.9 Å². The molecular formula is C115H63N9S8. The summed E-state index contributed by atoms with van der Waals surface area (Å²) in [5.41, 5.74) is 9.16. The molecule has 0 fully saturated rings. The van der Waals surface area contributed by atoms with Crippen molar-refractivity contribution in [3.8, 4) is 102 Å². The van der Waals surface area contributed by atoms with Gasteiger partial charge in [-0.2, -0.15) is 0 Å². The van der Waals surface area contributed by atoms with Crippen LogP contribution >= 0.6 is 90.7 Å². The zero-order valence-corrected chi connectivity index (χ0v) is 76.2. The molecule has 11 heterocycles. The molecule has 0 aliphatic carbocycles. The minimum atomic E-state index is 0.675. The van der Waals surface area contributed by atoms with E-state index in [9.17, 15) is 0 Å². The molecule has 17 heteroatoms. The molecule has 9 nitrogen and oxygen atoms in total. The van der Waals surface area contributed by atoms with Crippen LogP contribution in [0.3, 0.4) is 0 Å². The first-order valence-corrected chi connectivity index (χ1v) is 50.0. The number of aromatic nitrogens is 9. The fraction of sp³-hybridized carbons (Fsp3) is 0. The van der Waals surface area contributed by atoms with Gasteiger partial charge in [-0.05, 0) is 126 Å². The molecule has 11 aromatic heterocycles. The third-order valence-electron chi connectivity index (χ3n) is 25.1. The first-order valence-electron chi connectivity index (χ1n) is 43.4. The summed E-state index contributed by atoms with van der Waals surface area (Å²) in [5.74, 6) is 6.20. The smallest absolute Gasteiger partial charge is 0.165 e. The Balaban J connectivity index is 0.000000101. The molecule has 0 N–H and O–H groups in total. The highest BCUT2D eigenvalue weighted by Crippen LogP contribution is 2.50. The van der Waals surface area contributed by atoms with Crippen LogP contribution in [0.5, 0.6) is 0 Å². The predicted molar refractivity (Wildman–Crippen MR) is 569 cm³/mol. The van der Waals surface area contributed by atoms with Crippen molar-refractivity contribution in [3.63, 3.8) is 0 Å². The van der Waals surface area contributed by atoms with Gasteiger partial charge < -0.3 is 0 Å². The van der Waals surface area contributed by atoms with Crippen LogP contribution in [0.2, 0.25) is 0 Å². The zero-order valence-electron chi connectivity index (χ0n) is 69.7. The van der Waals surface area contributed by atoms with Gasteiger partial charge in [-0.25, -0.2) is 44.9 Å². The molecule has 616 valence electrons. The van der Waals surface area contributed by atoms with Crippen LogP contribution in [-0.4, -0.2) is 44.9 Å². The normalized spacial score (nSPS) is 11.9. The second-order valence-corrected chi connectivity index (χ2v) is 41.3. The van der Waals surface area contributed by atoms with Crippen LogP contribution in [0, 0.1) is 0 Å². The predicted octanol–water partition coefficient (Wildman–Crippen LogP) is 34.7. The van der Waals surface area contributed by atoms with E-state index in [2.05, 4.69) is 382 Å². The summed E-state index contributed by atoms with van der Waals surface area (Å²) in [7, 11) is 0. The second kappa shape index (κ2) is 31.4. The van der Waals surface area contributed by atoms with Gasteiger partial charge in [-0.1, -0.05) is 267 Å². The van der Waals surface area contributed by atoms with E-state index in [-0.39, 0.29) is 0 Å². The Morgan fingerprint density at radius 1 is 0.129 bits per heavy atom. The van der Waals surface area contributed by atoms with Crippen molar-refractivity contribution in [1.82, 2.24) is 44.9 Å². The molecule has 0 aliphatic heterocycles. The Bertz CT molecular complexity index is 9370. The molecule has 29 rings (SSSR count). The van der Waals surface area contributed by atoms with Gasteiger partial charge in [0.25, 0.3) is 0 Å². The van der Waals surface area contributed by atoms with Crippen LogP contribution in [-0.2, 0) is 0 Å². The van der Waals surface area contributed by atoms with Crippen molar-refractivity contribution >= 4 is 263 Å². The highest BCUT2D eigenvalue weighted by atomic mass is 32.1. The maximum atomic E-state index is 5.29. The molecule has 0 saturated heterocycles. The lowest BCUT2D eigenvalue weighted by Crippen LogP contribution is -2.01. The van der Waals surface area contributed by atoms with Gasteiger partial charge in [0.1, 0.15) is 0 Å². The SMILES string of the molecule is c1ccc2c(c1)sc1c(-c3nc(-c4cccc5sc6ccccc6c45)nc(-c4cccc5sc6ccccc6c45)n3)cccc12.c1ccc2c(c1)sc1cccc(-c3nc(-c4cccc5sc6ccccc6c45)nc(-c4cccc5sc6ccccc6c45)n3)c12.c1ccc2cc(-c3nc(-c4ccc5sc6ccccc6c5c4)nc(-c4cccc5c4sc4ccccc45)n3)ccc2c1. The van der Waals surface area contributed by atoms with Crippen LogP contribution in [0.1, 0.15) is 0 Å². The van der Waals surface area contributed by atoms with Crippen molar-refractivity contribution in [1.29, 1.82) is 0 Å². The second-order valence-electron chi connectivity index (χ2n) is 32.7. The van der Waals surface area contributed by atoms with Crippen molar-refractivity contribution in [2.24, 2.45) is 0 Å². The lowest BCUT2D eigenvalue weighted by Gasteiger charge is -2.11. The Hall–Kier alpha value is -15.0. The molecule has 0 spiro atoms. The number of fused-ring (bicyclic) bond motifs is 25. The maximum Gasteiger partial charge on any atom is 0.165 e. The summed E-state index contributed by atoms with van der Waals surface area (Å²) in [5, 5.41) is 22.0. The fourth-order valence-electron chi connectivity index (χ4n) is 19.1. The molecule has 0 unspecified atom stereocenters. The first-order chi connectivity index (χ1) is 65.4. The summed E-state index contributed by atoms with van der Waals surface area (Å²) in [6, 6.07) is 136. The van der Waals surface area contributed by atoms with Crippen molar-refractivity contribution in [3.05, 3.63) is 382 Å². The van der Waals surface area contributed by atoms with Crippen LogP contribution in [0.25, 0.3) is 275 Å². The number of rotatable bonds is 9. The van der Waals surface area contributed by atoms with Crippen molar-refractivity contribution < 1.29 is 0 Å². The molecule has 29 aromatic rings. The van der Waals surface area contributed by atoms with Gasteiger partial charge in [0.2, 0.25) is 0 Å². The highest BCUT2D eigenvalue weighted by molar-refractivity contribution is 7.29. The Morgan fingerprint density at radius 2 is 0.348 bits per heavy atom. The Labute approximate surface area is 785 Å². The third-order valence-corrected chi connectivity index (χ3v) is 34.3. The molecule has 132 heavy (non-hydrogen) atoms. The van der Waals surface area contributed by atoms with Gasteiger partial charge >= 0.3 is 0 Å². The maximum absolute atomic E-state index is 5.29.